The molecule has 5 rings (SSSR count). The van der Waals surface area contributed by atoms with Crippen LogP contribution in [-0.4, -0.2) is 53.5 Å². The molecule has 1 aliphatic heterocycles. The fraction of sp³-hybridized carbons (Fsp3) is 0.311. The number of aliphatic imine (C=N–C) groups is 1. The summed E-state index contributed by atoms with van der Waals surface area (Å²) in [5.41, 5.74) is 3.82. The van der Waals surface area contributed by atoms with Crippen LogP contribution in [-0.2, 0) is 22.6 Å². The van der Waals surface area contributed by atoms with Crippen molar-refractivity contribution in [2.45, 2.75) is 71.6 Å². The number of nitrogens with zero attached hydrogens (tertiary/aromatic N) is 3. The lowest BCUT2D eigenvalue weighted by Gasteiger charge is -2.44. The zero-order chi connectivity index (χ0) is 37.8. The molecule has 0 N–H and O–H groups in total. The van der Waals surface area contributed by atoms with Crippen molar-refractivity contribution in [3.63, 3.8) is 0 Å². The molecule has 0 aromatic heterocycles. The number of carbonyl (C=O) groups excluding carboxylic acids is 2. The van der Waals surface area contributed by atoms with Crippen molar-refractivity contribution in [1.29, 1.82) is 0 Å². The summed E-state index contributed by atoms with van der Waals surface area (Å²) in [6.45, 7) is 13.6. The lowest BCUT2D eigenvalue weighted by molar-refractivity contribution is -0.884. The molecule has 0 radical (unpaired) electrons. The van der Waals surface area contributed by atoms with Gasteiger partial charge in [0.15, 0.2) is 11.9 Å². The van der Waals surface area contributed by atoms with Crippen molar-refractivity contribution in [2.24, 2.45) is 4.99 Å². The number of piperidine rings is 1. The molecule has 1 aliphatic rings. The van der Waals surface area contributed by atoms with E-state index in [1.54, 1.807) is 51.1 Å². The van der Waals surface area contributed by atoms with Gasteiger partial charge in [0, 0.05) is 49.1 Å². The number of para-hydroxylation sites is 1. The summed E-state index contributed by atoms with van der Waals surface area (Å²) in [6.07, 6.45) is 7.44. The van der Waals surface area contributed by atoms with Gasteiger partial charge in [-0.3, -0.25) is 14.1 Å². The number of quaternary nitrogens is 1. The predicted molar refractivity (Wildman–Crippen MR) is 211 cm³/mol. The first-order chi connectivity index (χ1) is 25.5. The van der Waals surface area contributed by atoms with Gasteiger partial charge in [-0.05, 0) is 47.0 Å². The Hall–Kier alpha value is -5.47. The van der Waals surface area contributed by atoms with E-state index in [2.05, 4.69) is 23.7 Å². The minimum Gasteiger partial charge on any atom is -0.594 e. The highest BCUT2D eigenvalue weighted by Gasteiger charge is 2.36. The van der Waals surface area contributed by atoms with Gasteiger partial charge in [0.2, 0.25) is 5.91 Å². The summed E-state index contributed by atoms with van der Waals surface area (Å²) in [5, 5.41) is 12.8. The third-order valence-electron chi connectivity index (χ3n) is 9.48. The summed E-state index contributed by atoms with van der Waals surface area (Å²) in [6, 6.07) is 33.1. The Morgan fingerprint density at radius 1 is 0.925 bits per heavy atom. The van der Waals surface area contributed by atoms with Crippen LogP contribution in [0.15, 0.2) is 127 Å². The van der Waals surface area contributed by atoms with Gasteiger partial charge in [-0.25, -0.2) is 4.99 Å². The number of hydrogen-bond donors (Lipinski definition) is 0. The van der Waals surface area contributed by atoms with Crippen molar-refractivity contribution < 1.29 is 28.7 Å². The number of benzene rings is 4. The lowest BCUT2D eigenvalue weighted by atomic mass is 9.98. The van der Waals surface area contributed by atoms with Crippen molar-refractivity contribution in [1.82, 2.24) is 0 Å². The van der Waals surface area contributed by atoms with Crippen LogP contribution in [0, 0.1) is 0 Å². The highest BCUT2D eigenvalue weighted by molar-refractivity contribution is 6.08. The van der Waals surface area contributed by atoms with Gasteiger partial charge in [0.25, 0.3) is 0 Å². The molecule has 4 aromatic carbocycles. The van der Waals surface area contributed by atoms with E-state index in [0.29, 0.717) is 23.3 Å². The zero-order valence-corrected chi connectivity index (χ0v) is 31.4. The number of likely N-dealkylation sites (tertiary alicyclic amines) is 1. The molecule has 1 fully saturated rings. The number of anilines is 1. The largest absolute Gasteiger partial charge is 0.594 e. The second kappa shape index (κ2) is 17.8. The minimum atomic E-state index is -0.774. The van der Waals surface area contributed by atoms with Crippen LogP contribution in [0.4, 0.5) is 11.4 Å². The van der Waals surface area contributed by atoms with Gasteiger partial charge >= 0.3 is 0 Å². The minimum absolute atomic E-state index is 0.0537. The Bertz CT molecular complexity index is 1890. The van der Waals surface area contributed by atoms with Crippen molar-refractivity contribution in [2.75, 3.05) is 24.5 Å². The Morgan fingerprint density at radius 3 is 2.21 bits per heavy atom. The van der Waals surface area contributed by atoms with E-state index in [4.69, 9.17) is 9.47 Å². The molecule has 0 unspecified atom stereocenters. The third-order valence-corrected chi connectivity index (χ3v) is 9.48. The van der Waals surface area contributed by atoms with Gasteiger partial charge in [0.05, 0.1) is 37.1 Å². The van der Waals surface area contributed by atoms with E-state index in [-0.39, 0.29) is 29.0 Å². The summed E-state index contributed by atoms with van der Waals surface area (Å²) in [7, 11) is 0. The second-order valence-electron chi connectivity index (χ2n) is 14.5. The van der Waals surface area contributed by atoms with Gasteiger partial charge < -0.3 is 19.5 Å². The first kappa shape index (κ1) is 38.8. The van der Waals surface area contributed by atoms with Crippen molar-refractivity contribution in [3.05, 3.63) is 144 Å². The Balaban J connectivity index is 1.43. The molecule has 8 heteroatoms. The quantitative estimate of drug-likeness (QED) is 0.0430. The smallest absolute Gasteiger partial charge is 0.226 e. The first-order valence-corrected chi connectivity index (χ1v) is 18.4. The number of hydrogen-bond acceptors (Lipinski definition) is 6. The van der Waals surface area contributed by atoms with E-state index in [0.717, 1.165) is 55.7 Å². The molecule has 0 bridgehead atoms. The fourth-order valence-corrected chi connectivity index (χ4v) is 6.60. The first-order valence-electron chi connectivity index (χ1n) is 18.4. The van der Waals surface area contributed by atoms with Crippen LogP contribution in [0.3, 0.4) is 0 Å². The third kappa shape index (κ3) is 11.0. The van der Waals surface area contributed by atoms with Crippen LogP contribution >= 0.6 is 0 Å². The number of ether oxygens (including phenoxy) is 2. The van der Waals surface area contributed by atoms with E-state index >= 15 is 0 Å². The molecular weight excluding hydrogens is 663 g/mol. The van der Waals surface area contributed by atoms with Gasteiger partial charge in [-0.2, -0.15) is 0 Å². The van der Waals surface area contributed by atoms with E-state index in [1.807, 2.05) is 90.8 Å². The molecule has 4 aromatic rings. The van der Waals surface area contributed by atoms with Crippen molar-refractivity contribution >= 4 is 35.2 Å². The van der Waals surface area contributed by atoms with Crippen LogP contribution in [0.25, 0.3) is 6.08 Å². The molecule has 1 amide bonds. The molecule has 1 heterocycles. The molecule has 0 saturated carbocycles. The summed E-state index contributed by atoms with van der Waals surface area (Å²) < 4.78 is 12.1. The molecule has 53 heavy (non-hydrogen) atoms. The Morgan fingerprint density at radius 2 is 1.58 bits per heavy atom. The molecule has 276 valence electrons. The molecule has 0 spiro atoms. The monoisotopic (exact) mass is 713 g/mol. The SMILES string of the molecule is C=Cc1ccc(COc2ccc(N=C([O-])OC(C)(C)C)c(C(=O)/C=C/[N+]3(CCc4ccccc4)CCC(N(C(=O)CC)c4ccccc4)CC3)c2)cc1. The maximum atomic E-state index is 14.1. The molecule has 0 atom stereocenters. The van der Waals surface area contributed by atoms with Crippen LogP contribution in [0.2, 0.25) is 0 Å². The summed E-state index contributed by atoms with van der Waals surface area (Å²) in [5.74, 6) is 0.293. The zero-order valence-electron chi connectivity index (χ0n) is 31.4. The summed E-state index contributed by atoms with van der Waals surface area (Å²) >= 11 is 0. The molecular formula is C45H51N3O5. The molecule has 0 aliphatic carbocycles. The maximum Gasteiger partial charge on any atom is 0.226 e. The number of carbonyl (C=O) groups is 2. The Kier molecular flexibility index (Phi) is 13.0. The van der Waals surface area contributed by atoms with E-state index in [9.17, 15) is 14.7 Å². The Labute approximate surface area is 314 Å². The number of amides is 1. The van der Waals surface area contributed by atoms with Crippen LogP contribution < -0.4 is 14.7 Å². The highest BCUT2D eigenvalue weighted by Crippen LogP contribution is 2.31. The lowest BCUT2D eigenvalue weighted by Crippen LogP contribution is -2.55. The molecule has 8 nitrogen and oxygen atoms in total. The van der Waals surface area contributed by atoms with Crippen molar-refractivity contribution in [3.8, 4) is 5.75 Å². The normalized spacial score (nSPS) is 17.7. The number of allylic oxidation sites excluding steroid dienone is 1. The second-order valence-corrected chi connectivity index (χ2v) is 14.5. The van der Waals surface area contributed by atoms with Gasteiger partial charge in [-0.1, -0.05) is 113 Å². The number of rotatable bonds is 14. The highest BCUT2D eigenvalue weighted by atomic mass is 16.6. The van der Waals surface area contributed by atoms with Crippen LogP contribution in [0.5, 0.6) is 5.75 Å². The van der Waals surface area contributed by atoms with E-state index in [1.165, 1.54) is 5.56 Å². The topological polar surface area (TPSA) is 91.3 Å². The predicted octanol–water partition coefficient (Wildman–Crippen LogP) is 8.43. The average Bonchev–Trinajstić information content (AvgIpc) is 3.16. The van der Waals surface area contributed by atoms with E-state index < -0.39 is 11.7 Å². The number of ketones is 1. The summed E-state index contributed by atoms with van der Waals surface area (Å²) in [4.78, 5) is 33.5. The average molecular weight is 714 g/mol. The van der Waals surface area contributed by atoms with Gasteiger partial charge in [0.1, 0.15) is 12.4 Å². The molecule has 1 saturated heterocycles. The van der Waals surface area contributed by atoms with Gasteiger partial charge in [-0.15, -0.1) is 0 Å². The van der Waals surface area contributed by atoms with Crippen LogP contribution in [0.1, 0.15) is 74.0 Å². The maximum absolute atomic E-state index is 14.1. The standard InChI is InChI=1S/C45H51N3O5/c1-6-34-18-20-36(21-19-34)33-52-39-22-23-41(46-44(51)53-45(3,4)5)40(32-39)42(49)27-31-48(28-24-35-14-10-8-11-15-35)29-25-38(26-30-48)47(43(50)7-2)37-16-12-9-13-17-37/h6,8-23,27,31-32,38H,1,7,24-26,28-30,33H2,2-5H3/b31-27+. The fourth-order valence-electron chi connectivity index (χ4n) is 6.60.